The van der Waals surface area contributed by atoms with Crippen LogP contribution in [0.2, 0.25) is 0 Å². The average Bonchev–Trinajstić information content (AvgIpc) is 3.06. The van der Waals surface area contributed by atoms with Crippen molar-refractivity contribution in [1.82, 2.24) is 9.38 Å². The molecule has 0 amide bonds. The van der Waals surface area contributed by atoms with E-state index in [2.05, 4.69) is 4.98 Å². The molecular weight excluding hydrogens is 334 g/mol. The van der Waals surface area contributed by atoms with Crippen molar-refractivity contribution in [3.63, 3.8) is 0 Å². The van der Waals surface area contributed by atoms with Crippen LogP contribution in [-0.2, 0) is 6.61 Å². The lowest BCUT2D eigenvalue weighted by Crippen LogP contribution is -2.02. The molecule has 0 unspecified atom stereocenters. The molecule has 0 aliphatic carbocycles. The van der Waals surface area contributed by atoms with E-state index < -0.39 is 11.6 Å². The first-order valence-corrected chi connectivity index (χ1v) is 8.22. The van der Waals surface area contributed by atoms with Gasteiger partial charge in [0.05, 0.1) is 11.3 Å². The van der Waals surface area contributed by atoms with Crippen molar-refractivity contribution in [3.05, 3.63) is 89.8 Å². The third-order valence-electron chi connectivity index (χ3n) is 4.27. The van der Waals surface area contributed by atoms with Gasteiger partial charge in [-0.15, -0.1) is 0 Å². The maximum atomic E-state index is 13.7. The molecule has 0 spiro atoms. The molecule has 0 radical (unpaired) electrons. The van der Waals surface area contributed by atoms with Gasteiger partial charge in [0.2, 0.25) is 0 Å². The Balaban J connectivity index is 1.58. The molecule has 3 nitrogen and oxygen atoms in total. The SMILES string of the molecule is Cc1cc(-c2cn3ccccc3n2)ccc1OCc1c(F)cccc1F. The molecule has 2 heterocycles. The molecule has 0 saturated heterocycles. The third-order valence-corrected chi connectivity index (χ3v) is 4.27. The molecule has 0 atom stereocenters. The number of fused-ring (bicyclic) bond motifs is 1. The monoisotopic (exact) mass is 350 g/mol. The van der Waals surface area contributed by atoms with Crippen LogP contribution in [0.1, 0.15) is 11.1 Å². The van der Waals surface area contributed by atoms with E-state index in [1.165, 1.54) is 18.2 Å². The maximum Gasteiger partial charge on any atom is 0.137 e. The van der Waals surface area contributed by atoms with Crippen molar-refractivity contribution < 1.29 is 13.5 Å². The van der Waals surface area contributed by atoms with Gasteiger partial charge in [-0.1, -0.05) is 12.1 Å². The van der Waals surface area contributed by atoms with Crippen LogP contribution >= 0.6 is 0 Å². The number of imidazole rings is 1. The zero-order chi connectivity index (χ0) is 18.1. The minimum atomic E-state index is -0.607. The molecule has 2 aromatic carbocycles. The van der Waals surface area contributed by atoms with E-state index in [9.17, 15) is 8.78 Å². The Morgan fingerprint density at radius 3 is 2.54 bits per heavy atom. The van der Waals surface area contributed by atoms with Gasteiger partial charge in [-0.3, -0.25) is 0 Å². The Morgan fingerprint density at radius 2 is 1.81 bits per heavy atom. The molecule has 0 N–H and O–H groups in total. The predicted octanol–water partition coefficient (Wildman–Crippen LogP) is 5.17. The van der Waals surface area contributed by atoms with Gasteiger partial charge in [-0.2, -0.15) is 0 Å². The zero-order valence-electron chi connectivity index (χ0n) is 14.1. The number of hydrogen-bond acceptors (Lipinski definition) is 2. The number of benzene rings is 2. The van der Waals surface area contributed by atoms with E-state index in [4.69, 9.17) is 4.74 Å². The number of pyridine rings is 1. The van der Waals surface area contributed by atoms with Crippen LogP contribution in [0.15, 0.2) is 67.0 Å². The van der Waals surface area contributed by atoms with Crippen molar-refractivity contribution in [2.24, 2.45) is 0 Å². The Labute approximate surface area is 149 Å². The first-order valence-electron chi connectivity index (χ1n) is 8.22. The maximum absolute atomic E-state index is 13.7. The molecule has 130 valence electrons. The quantitative estimate of drug-likeness (QED) is 0.508. The molecule has 26 heavy (non-hydrogen) atoms. The molecule has 0 aliphatic heterocycles. The molecule has 0 fully saturated rings. The van der Waals surface area contributed by atoms with Crippen LogP contribution in [0, 0.1) is 18.6 Å². The highest BCUT2D eigenvalue weighted by atomic mass is 19.1. The van der Waals surface area contributed by atoms with E-state index in [1.807, 2.05) is 54.0 Å². The highest BCUT2D eigenvalue weighted by Crippen LogP contribution is 2.27. The molecule has 0 saturated carbocycles. The van der Waals surface area contributed by atoms with E-state index in [1.54, 1.807) is 6.07 Å². The first-order chi connectivity index (χ1) is 12.6. The van der Waals surface area contributed by atoms with Crippen LogP contribution < -0.4 is 4.74 Å². The average molecular weight is 350 g/mol. The minimum absolute atomic E-state index is 0.0728. The fourth-order valence-electron chi connectivity index (χ4n) is 2.86. The summed E-state index contributed by atoms with van der Waals surface area (Å²) in [4.78, 5) is 4.59. The zero-order valence-corrected chi connectivity index (χ0v) is 14.1. The standard InChI is InChI=1S/C21H16F2N2O/c1-14-11-15(19-12-25-10-3-2-7-21(25)24-19)8-9-20(14)26-13-16-17(22)5-4-6-18(16)23/h2-12H,13H2,1H3. The normalized spacial score (nSPS) is 11.0. The van der Waals surface area contributed by atoms with Crippen LogP contribution in [0.5, 0.6) is 5.75 Å². The minimum Gasteiger partial charge on any atom is -0.488 e. The summed E-state index contributed by atoms with van der Waals surface area (Å²) < 4.78 is 35.0. The van der Waals surface area contributed by atoms with E-state index in [-0.39, 0.29) is 12.2 Å². The topological polar surface area (TPSA) is 26.5 Å². The van der Waals surface area contributed by atoms with E-state index >= 15 is 0 Å². The lowest BCUT2D eigenvalue weighted by Gasteiger charge is -2.11. The summed E-state index contributed by atoms with van der Waals surface area (Å²) in [5.74, 6) is -0.631. The van der Waals surface area contributed by atoms with Gasteiger partial charge in [0.15, 0.2) is 0 Å². The Kier molecular flexibility index (Phi) is 4.13. The number of hydrogen-bond donors (Lipinski definition) is 0. The summed E-state index contributed by atoms with van der Waals surface area (Å²) in [5, 5.41) is 0. The van der Waals surface area contributed by atoms with Crippen molar-refractivity contribution in [2.75, 3.05) is 0 Å². The Bertz CT molecular complexity index is 1040. The lowest BCUT2D eigenvalue weighted by atomic mass is 10.1. The van der Waals surface area contributed by atoms with Crippen molar-refractivity contribution in [2.45, 2.75) is 13.5 Å². The Hall–Kier alpha value is -3.21. The number of halogens is 2. The van der Waals surface area contributed by atoms with Crippen LogP contribution in [0.3, 0.4) is 0 Å². The highest BCUT2D eigenvalue weighted by molar-refractivity contribution is 5.64. The third kappa shape index (κ3) is 3.04. The molecule has 5 heteroatoms. The molecule has 4 aromatic rings. The molecule has 0 aliphatic rings. The second-order valence-electron chi connectivity index (χ2n) is 6.06. The van der Waals surface area contributed by atoms with Crippen molar-refractivity contribution in [1.29, 1.82) is 0 Å². The number of aromatic nitrogens is 2. The molecule has 0 bridgehead atoms. The molecule has 2 aromatic heterocycles. The summed E-state index contributed by atoms with van der Waals surface area (Å²) in [5.41, 5.74) is 3.48. The first kappa shape index (κ1) is 16.3. The van der Waals surface area contributed by atoms with Gasteiger partial charge >= 0.3 is 0 Å². The second-order valence-corrected chi connectivity index (χ2v) is 6.06. The van der Waals surface area contributed by atoms with Crippen LogP contribution in [0.4, 0.5) is 8.78 Å². The summed E-state index contributed by atoms with van der Waals surface area (Å²) in [7, 11) is 0. The van der Waals surface area contributed by atoms with Gasteiger partial charge < -0.3 is 9.14 Å². The number of rotatable bonds is 4. The second kappa shape index (κ2) is 6.59. The van der Waals surface area contributed by atoms with Crippen molar-refractivity contribution in [3.8, 4) is 17.0 Å². The number of ether oxygens (including phenoxy) is 1. The fourth-order valence-corrected chi connectivity index (χ4v) is 2.86. The van der Waals surface area contributed by atoms with Crippen molar-refractivity contribution >= 4 is 5.65 Å². The van der Waals surface area contributed by atoms with Gasteiger partial charge in [0.25, 0.3) is 0 Å². The van der Waals surface area contributed by atoms with E-state index in [0.29, 0.717) is 5.75 Å². The smallest absolute Gasteiger partial charge is 0.137 e. The van der Waals surface area contributed by atoms with E-state index in [0.717, 1.165) is 22.5 Å². The van der Waals surface area contributed by atoms with Gasteiger partial charge in [-0.25, -0.2) is 13.8 Å². The summed E-state index contributed by atoms with van der Waals surface area (Å²) >= 11 is 0. The summed E-state index contributed by atoms with van der Waals surface area (Å²) in [6.07, 6.45) is 3.90. The molecular formula is C21H16F2N2O. The number of nitrogens with zero attached hydrogens (tertiary/aromatic N) is 2. The van der Waals surface area contributed by atoms with Gasteiger partial charge in [-0.05, 0) is 55.0 Å². The number of aryl methyl sites for hydroxylation is 1. The van der Waals surface area contributed by atoms with Gasteiger partial charge in [0.1, 0.15) is 29.6 Å². The largest absolute Gasteiger partial charge is 0.488 e. The Morgan fingerprint density at radius 1 is 1.00 bits per heavy atom. The van der Waals surface area contributed by atoms with Crippen LogP contribution in [0.25, 0.3) is 16.9 Å². The highest BCUT2D eigenvalue weighted by Gasteiger charge is 2.11. The predicted molar refractivity (Wildman–Crippen MR) is 96.1 cm³/mol. The summed E-state index contributed by atoms with van der Waals surface area (Å²) in [6.45, 7) is 1.74. The molecule has 4 rings (SSSR count). The fraction of sp³-hybridized carbons (Fsp3) is 0.0952. The lowest BCUT2D eigenvalue weighted by molar-refractivity contribution is 0.290. The van der Waals surface area contributed by atoms with Crippen LogP contribution in [-0.4, -0.2) is 9.38 Å². The summed E-state index contributed by atoms with van der Waals surface area (Å²) in [6, 6.07) is 15.3. The van der Waals surface area contributed by atoms with Gasteiger partial charge in [0, 0.05) is 18.0 Å².